The second-order valence-corrected chi connectivity index (χ2v) is 7.13. The highest BCUT2D eigenvalue weighted by molar-refractivity contribution is 7.20. The van der Waals surface area contributed by atoms with Crippen LogP contribution in [-0.2, 0) is 9.53 Å². The van der Waals surface area contributed by atoms with Crippen LogP contribution in [0.2, 0.25) is 8.67 Å². The zero-order valence-corrected chi connectivity index (χ0v) is 13.4. The Morgan fingerprint density at radius 2 is 2.10 bits per heavy atom. The number of halogens is 2. The third-order valence-electron chi connectivity index (χ3n) is 3.54. The number of rotatable bonds is 5. The van der Waals surface area contributed by atoms with E-state index < -0.39 is 17.8 Å². The molecule has 2 rings (SSSR count). The molecule has 116 valence electrons. The van der Waals surface area contributed by atoms with E-state index in [1.54, 1.807) is 0 Å². The van der Waals surface area contributed by atoms with E-state index in [-0.39, 0.29) is 18.0 Å². The van der Waals surface area contributed by atoms with Crippen LogP contribution in [0.15, 0.2) is 6.07 Å². The van der Waals surface area contributed by atoms with Gasteiger partial charge in [0, 0.05) is 19.8 Å². The first-order chi connectivity index (χ1) is 9.99. The molecule has 0 bridgehead atoms. The van der Waals surface area contributed by atoms with Gasteiger partial charge < -0.3 is 15.2 Å². The molecule has 1 aromatic rings. The lowest BCUT2D eigenvalue weighted by molar-refractivity contribution is -0.144. The quantitative estimate of drug-likeness (QED) is 0.854. The maximum atomic E-state index is 12.0. The molecule has 1 unspecified atom stereocenters. The Kier molecular flexibility index (Phi) is 5.87. The predicted molar refractivity (Wildman–Crippen MR) is 81.3 cm³/mol. The smallest absolute Gasteiger partial charge is 0.308 e. The Balaban J connectivity index is 1.96. The number of hydrogen-bond acceptors (Lipinski definition) is 4. The zero-order valence-electron chi connectivity index (χ0n) is 11.1. The number of nitrogens with one attached hydrogen (secondary N) is 1. The summed E-state index contributed by atoms with van der Waals surface area (Å²) in [6.45, 7) is 1.20. The van der Waals surface area contributed by atoms with Crippen molar-refractivity contribution in [2.24, 2.45) is 11.8 Å². The van der Waals surface area contributed by atoms with Crippen LogP contribution in [0.25, 0.3) is 0 Å². The first-order valence-electron chi connectivity index (χ1n) is 6.52. The molecule has 1 aliphatic heterocycles. The summed E-state index contributed by atoms with van der Waals surface area (Å²) in [6.07, 6.45) is 1.38. The summed E-state index contributed by atoms with van der Waals surface area (Å²) in [5.74, 6) is -1.91. The Labute approximate surface area is 136 Å². The molecule has 1 fully saturated rings. The molecular weight excluding hydrogens is 337 g/mol. The van der Waals surface area contributed by atoms with E-state index >= 15 is 0 Å². The summed E-state index contributed by atoms with van der Waals surface area (Å²) in [5.41, 5.74) is 0.280. The van der Waals surface area contributed by atoms with Gasteiger partial charge in [0.25, 0.3) is 5.91 Å². The van der Waals surface area contributed by atoms with Crippen LogP contribution < -0.4 is 5.32 Å². The molecule has 8 heteroatoms. The summed E-state index contributed by atoms with van der Waals surface area (Å²) < 4.78 is 5.95. The standard InChI is InChI=1S/C13H15Cl2NO4S/c14-10-5-8(11(15)21-10)12(17)16-6-9(13(18)19)7-1-3-20-4-2-7/h5,7,9H,1-4,6H2,(H,16,17)(H,18,19). The molecule has 2 heterocycles. The summed E-state index contributed by atoms with van der Waals surface area (Å²) in [4.78, 5) is 23.4. The summed E-state index contributed by atoms with van der Waals surface area (Å²) in [5, 5.41) is 12.0. The van der Waals surface area contributed by atoms with Crippen molar-refractivity contribution in [1.82, 2.24) is 5.32 Å². The van der Waals surface area contributed by atoms with E-state index in [4.69, 9.17) is 27.9 Å². The van der Waals surface area contributed by atoms with Crippen LogP contribution in [-0.4, -0.2) is 36.7 Å². The number of ether oxygens (including phenoxy) is 1. The van der Waals surface area contributed by atoms with Crippen LogP contribution in [0, 0.1) is 11.8 Å². The molecule has 1 amide bonds. The summed E-state index contributed by atoms with van der Waals surface area (Å²) >= 11 is 12.8. The van der Waals surface area contributed by atoms with Crippen LogP contribution in [0.4, 0.5) is 0 Å². The van der Waals surface area contributed by atoms with E-state index in [0.29, 0.717) is 34.7 Å². The lowest BCUT2D eigenvalue weighted by Crippen LogP contribution is -2.38. The average molecular weight is 352 g/mol. The third kappa shape index (κ3) is 4.32. The molecule has 0 aliphatic carbocycles. The highest BCUT2D eigenvalue weighted by atomic mass is 35.5. The molecule has 1 atom stereocenters. The molecule has 0 spiro atoms. The van der Waals surface area contributed by atoms with Gasteiger partial charge in [-0.3, -0.25) is 9.59 Å². The Morgan fingerprint density at radius 3 is 2.62 bits per heavy atom. The van der Waals surface area contributed by atoms with Crippen molar-refractivity contribution in [1.29, 1.82) is 0 Å². The molecule has 21 heavy (non-hydrogen) atoms. The topological polar surface area (TPSA) is 75.6 Å². The highest BCUT2D eigenvalue weighted by Crippen LogP contribution is 2.31. The Morgan fingerprint density at radius 1 is 1.43 bits per heavy atom. The van der Waals surface area contributed by atoms with E-state index in [2.05, 4.69) is 5.32 Å². The summed E-state index contributed by atoms with van der Waals surface area (Å²) in [6, 6.07) is 1.48. The van der Waals surface area contributed by atoms with Gasteiger partial charge in [-0.1, -0.05) is 23.2 Å². The number of carboxylic acid groups (broad SMARTS) is 1. The van der Waals surface area contributed by atoms with Crippen molar-refractivity contribution in [2.75, 3.05) is 19.8 Å². The minimum atomic E-state index is -0.906. The van der Waals surface area contributed by atoms with Crippen LogP contribution >= 0.6 is 34.5 Å². The van der Waals surface area contributed by atoms with Gasteiger partial charge in [0.15, 0.2) is 0 Å². The minimum Gasteiger partial charge on any atom is -0.481 e. The predicted octanol–water partition coefficient (Wildman–Crippen LogP) is 2.91. The molecule has 5 nitrogen and oxygen atoms in total. The van der Waals surface area contributed by atoms with Gasteiger partial charge >= 0.3 is 5.97 Å². The SMILES string of the molecule is O=C(NCC(C(=O)O)C1CCOCC1)c1cc(Cl)sc1Cl. The van der Waals surface area contributed by atoms with Crippen LogP contribution in [0.1, 0.15) is 23.2 Å². The van der Waals surface area contributed by atoms with Gasteiger partial charge in [0.05, 0.1) is 15.8 Å². The molecule has 1 aromatic heterocycles. The maximum absolute atomic E-state index is 12.0. The van der Waals surface area contributed by atoms with Crippen molar-refractivity contribution < 1.29 is 19.4 Å². The first kappa shape index (κ1) is 16.5. The fourth-order valence-corrected chi connectivity index (χ4v) is 3.83. The Hall–Kier alpha value is -0.820. The number of carbonyl (C=O) groups is 2. The van der Waals surface area contributed by atoms with E-state index in [1.165, 1.54) is 6.07 Å². The Bertz CT molecular complexity index is 528. The number of carbonyl (C=O) groups excluding carboxylic acids is 1. The van der Waals surface area contributed by atoms with E-state index in [1.807, 2.05) is 0 Å². The van der Waals surface area contributed by atoms with Crippen molar-refractivity contribution >= 4 is 46.4 Å². The second-order valence-electron chi connectivity index (χ2n) is 4.84. The van der Waals surface area contributed by atoms with Crippen molar-refractivity contribution in [3.05, 3.63) is 20.3 Å². The average Bonchev–Trinajstić information content (AvgIpc) is 2.78. The van der Waals surface area contributed by atoms with Gasteiger partial charge in [-0.25, -0.2) is 0 Å². The van der Waals surface area contributed by atoms with Gasteiger partial charge in [-0.05, 0) is 24.8 Å². The monoisotopic (exact) mass is 351 g/mol. The largest absolute Gasteiger partial charge is 0.481 e. The molecule has 0 aromatic carbocycles. The molecule has 1 saturated heterocycles. The fraction of sp³-hybridized carbons (Fsp3) is 0.538. The second kappa shape index (κ2) is 7.45. The normalized spacial score (nSPS) is 17.4. The van der Waals surface area contributed by atoms with Gasteiger partial charge in [0.1, 0.15) is 4.34 Å². The van der Waals surface area contributed by atoms with Gasteiger partial charge in [0.2, 0.25) is 0 Å². The highest BCUT2D eigenvalue weighted by Gasteiger charge is 2.30. The fourth-order valence-electron chi connectivity index (χ4n) is 2.37. The number of aliphatic carboxylic acids is 1. The van der Waals surface area contributed by atoms with Crippen molar-refractivity contribution in [2.45, 2.75) is 12.8 Å². The van der Waals surface area contributed by atoms with Crippen molar-refractivity contribution in [3.8, 4) is 0 Å². The molecular formula is C13H15Cl2NO4S. The summed E-state index contributed by atoms with van der Waals surface area (Å²) in [7, 11) is 0. The molecule has 0 saturated carbocycles. The number of hydrogen-bond donors (Lipinski definition) is 2. The molecule has 2 N–H and O–H groups in total. The number of amides is 1. The number of carboxylic acids is 1. The van der Waals surface area contributed by atoms with Crippen LogP contribution in [0.5, 0.6) is 0 Å². The van der Waals surface area contributed by atoms with Gasteiger partial charge in [-0.15, -0.1) is 11.3 Å². The lowest BCUT2D eigenvalue weighted by atomic mass is 9.86. The molecule has 0 radical (unpaired) electrons. The maximum Gasteiger partial charge on any atom is 0.308 e. The van der Waals surface area contributed by atoms with Gasteiger partial charge in [-0.2, -0.15) is 0 Å². The zero-order chi connectivity index (χ0) is 15.4. The lowest BCUT2D eigenvalue weighted by Gasteiger charge is -2.27. The molecule has 1 aliphatic rings. The first-order valence-corrected chi connectivity index (χ1v) is 8.10. The van der Waals surface area contributed by atoms with Crippen LogP contribution in [0.3, 0.4) is 0 Å². The van der Waals surface area contributed by atoms with E-state index in [9.17, 15) is 14.7 Å². The minimum absolute atomic E-state index is 0.0121. The van der Waals surface area contributed by atoms with Crippen molar-refractivity contribution in [3.63, 3.8) is 0 Å². The number of thiophene rings is 1. The third-order valence-corrected chi connectivity index (χ3v) is 5.02. The van der Waals surface area contributed by atoms with E-state index in [0.717, 1.165) is 11.3 Å².